The zero-order chi connectivity index (χ0) is 51.7. The molecule has 10 heteroatoms. The van der Waals surface area contributed by atoms with E-state index in [4.69, 9.17) is 47.1 Å². The van der Waals surface area contributed by atoms with Gasteiger partial charge in [-0.15, -0.1) is 0 Å². The van der Waals surface area contributed by atoms with Crippen LogP contribution in [-0.4, -0.2) is 51.8 Å². The van der Waals surface area contributed by atoms with Gasteiger partial charge in [-0.1, -0.05) is 0 Å². The minimum atomic E-state index is -5.56. The fourth-order valence-electron chi connectivity index (χ4n) is 9.19. The van der Waals surface area contributed by atoms with Crippen LogP contribution in [0.3, 0.4) is 0 Å². The molecule has 0 aromatic rings. The Morgan fingerprint density at radius 3 is 0.691 bits per heavy atom. The fourth-order valence-corrected chi connectivity index (χ4v) is 18.6. The standard InChI is InChI=1S/3C18H36O2S.C4H9.Sn/c3*1-15(2)11-7-5-9-13-18(21,17(19)20)14-10-6-8-12-16(3)4;1-3-4-2;/h3*15-16,21H,5-14H2,1-4H3,(H,19,20);1,3-4H2,2H3;/q;;;;+3/p-3. The SMILES string of the molecule is CCC[CH2][Sn]([O]C(=O)C(S)(CCCCCC(C)C)CCCCCC(C)C)([O]C(=O)C(S)(CCCCCC(C)C)CCCCCC(C)C)[O]C(=O)C(S)(CCCCCC(C)C)CCCCCC(C)C. The summed E-state index contributed by atoms with van der Waals surface area (Å²) in [6, 6.07) is 0. The topological polar surface area (TPSA) is 78.9 Å². The maximum atomic E-state index is 15.2. The van der Waals surface area contributed by atoms with Crippen molar-refractivity contribution < 1.29 is 23.6 Å². The van der Waals surface area contributed by atoms with Gasteiger partial charge in [0.15, 0.2) is 0 Å². The second kappa shape index (κ2) is 38.8. The summed E-state index contributed by atoms with van der Waals surface area (Å²) in [5.41, 5.74) is 0. The molecule has 0 aromatic carbocycles. The van der Waals surface area contributed by atoms with Crippen LogP contribution in [0.5, 0.6) is 0 Å². The van der Waals surface area contributed by atoms with Crippen LogP contribution in [0.15, 0.2) is 0 Å². The molecule has 6 nitrogen and oxygen atoms in total. The van der Waals surface area contributed by atoms with Crippen molar-refractivity contribution in [2.24, 2.45) is 35.5 Å². The zero-order valence-corrected chi connectivity index (χ0v) is 52.6. The van der Waals surface area contributed by atoms with Gasteiger partial charge >= 0.3 is 449 Å². The average Bonchev–Trinajstić information content (AvgIpc) is 3.24. The van der Waals surface area contributed by atoms with Crippen molar-refractivity contribution in [3.63, 3.8) is 0 Å². The van der Waals surface area contributed by atoms with Gasteiger partial charge in [0.05, 0.1) is 0 Å². The van der Waals surface area contributed by atoms with Crippen molar-refractivity contribution in [2.45, 2.75) is 314 Å². The molecule has 68 heavy (non-hydrogen) atoms. The van der Waals surface area contributed by atoms with Crippen LogP contribution in [0, 0.1) is 35.5 Å². The maximum absolute atomic E-state index is 15.2. The Labute approximate surface area is 445 Å². The third kappa shape index (κ3) is 33.2. The molecule has 0 atom stereocenters. The number of carbonyl (C=O) groups excluding carboxylic acids is 3. The molecule has 0 heterocycles. The number of carbonyl (C=O) groups is 3. The van der Waals surface area contributed by atoms with Crippen molar-refractivity contribution in [1.29, 1.82) is 0 Å². The van der Waals surface area contributed by atoms with Crippen LogP contribution < -0.4 is 0 Å². The van der Waals surface area contributed by atoms with Crippen LogP contribution in [-0.2, 0) is 23.6 Å². The van der Waals surface area contributed by atoms with Crippen molar-refractivity contribution in [3.8, 4) is 0 Å². The molecule has 0 amide bonds. The van der Waals surface area contributed by atoms with Gasteiger partial charge in [-0.05, 0) is 0 Å². The van der Waals surface area contributed by atoms with Gasteiger partial charge in [0.2, 0.25) is 0 Å². The fraction of sp³-hybridized carbons (Fsp3) is 0.948. The van der Waals surface area contributed by atoms with Crippen molar-refractivity contribution in [2.75, 3.05) is 0 Å². The Balaban J connectivity index is 7.42. The Kier molecular flexibility index (Phi) is 38.9. The summed E-state index contributed by atoms with van der Waals surface area (Å²) in [7, 11) is 0. The van der Waals surface area contributed by atoms with Gasteiger partial charge in [0.25, 0.3) is 0 Å². The van der Waals surface area contributed by atoms with E-state index >= 15 is 14.4 Å². The molecule has 0 bridgehead atoms. The van der Waals surface area contributed by atoms with Gasteiger partial charge in [-0.25, -0.2) is 0 Å². The predicted octanol–water partition coefficient (Wildman–Crippen LogP) is 19.0. The molecule has 0 spiro atoms. The molecule has 404 valence electrons. The Morgan fingerprint density at radius 1 is 0.338 bits per heavy atom. The van der Waals surface area contributed by atoms with Gasteiger partial charge < -0.3 is 0 Å². The quantitative estimate of drug-likeness (QED) is 0.0320. The first-order valence-electron chi connectivity index (χ1n) is 28.8. The third-order valence-electron chi connectivity index (χ3n) is 14.0. The molecule has 0 aromatic heterocycles. The van der Waals surface area contributed by atoms with Crippen LogP contribution >= 0.6 is 37.9 Å². The first kappa shape index (κ1) is 68.3. The Morgan fingerprint density at radius 2 is 0.529 bits per heavy atom. The summed E-state index contributed by atoms with van der Waals surface area (Å²) in [5, 5.41) is 0. The van der Waals surface area contributed by atoms with E-state index in [1.165, 1.54) is 0 Å². The van der Waals surface area contributed by atoms with Crippen molar-refractivity contribution in [3.05, 3.63) is 0 Å². The molecule has 0 N–H and O–H groups in total. The number of thiol groups is 3. The molecule has 0 radical (unpaired) electrons. The van der Waals surface area contributed by atoms with E-state index in [-0.39, 0.29) is 4.44 Å². The number of rotatable bonds is 45. The Bertz CT molecular complexity index is 1090. The van der Waals surface area contributed by atoms with Gasteiger partial charge in [0.1, 0.15) is 0 Å². The molecule has 0 aliphatic heterocycles. The molecule has 0 unspecified atom stereocenters. The molecular weight excluding hydrogens is 1010 g/mol. The summed E-state index contributed by atoms with van der Waals surface area (Å²) in [4.78, 5) is 45.5. The van der Waals surface area contributed by atoms with E-state index in [9.17, 15) is 0 Å². The van der Waals surface area contributed by atoms with E-state index in [0.29, 0.717) is 80.5 Å². The predicted molar refractivity (Wildman–Crippen MR) is 306 cm³/mol. The summed E-state index contributed by atoms with van der Waals surface area (Å²) in [6.07, 6.45) is 29.2. The first-order chi connectivity index (χ1) is 31.9. The van der Waals surface area contributed by atoms with E-state index < -0.39 is 51.8 Å². The average molecular weight is 1120 g/mol. The molecule has 0 saturated heterocycles. The molecule has 0 rings (SSSR count). The molecule has 0 saturated carbocycles. The van der Waals surface area contributed by atoms with Crippen LogP contribution in [0.4, 0.5) is 0 Å². The summed E-state index contributed by atoms with van der Waals surface area (Å²) < 4.78 is 17.5. The van der Waals surface area contributed by atoms with Gasteiger partial charge in [-0.3, -0.25) is 0 Å². The zero-order valence-electron chi connectivity index (χ0n) is 47.1. The molecular formula is C58H114O6S3Sn. The van der Waals surface area contributed by atoms with E-state index in [1.54, 1.807) is 0 Å². The van der Waals surface area contributed by atoms with Crippen LogP contribution in [0.2, 0.25) is 4.44 Å². The third-order valence-corrected chi connectivity index (χ3v) is 22.8. The summed E-state index contributed by atoms with van der Waals surface area (Å²) >= 11 is 10.2. The van der Waals surface area contributed by atoms with Crippen molar-refractivity contribution >= 4 is 75.4 Å². The monoisotopic (exact) mass is 1120 g/mol. The van der Waals surface area contributed by atoms with E-state index in [1.807, 2.05) is 0 Å². The summed E-state index contributed by atoms with van der Waals surface area (Å²) in [6.45, 7) is 29.1. The van der Waals surface area contributed by atoms with E-state index in [0.717, 1.165) is 161 Å². The molecule has 0 aliphatic carbocycles. The van der Waals surface area contributed by atoms with Crippen LogP contribution in [0.1, 0.15) is 295 Å². The first-order valence-corrected chi connectivity index (χ1v) is 35.7. The summed E-state index contributed by atoms with van der Waals surface area (Å²) in [5.74, 6) is 2.28. The van der Waals surface area contributed by atoms with E-state index in [2.05, 4.69) is 90.0 Å². The second-order valence-corrected chi connectivity index (χ2v) is 33.7. The Hall–Kier alpha value is 0.259. The number of hydrogen-bond acceptors (Lipinski definition) is 9. The van der Waals surface area contributed by atoms with Gasteiger partial charge in [-0.2, -0.15) is 0 Å². The minimum absolute atomic E-state index is 0.236. The molecule has 0 aliphatic rings. The van der Waals surface area contributed by atoms with Crippen molar-refractivity contribution in [1.82, 2.24) is 0 Å². The number of unbranched alkanes of at least 4 members (excludes halogenated alkanes) is 13. The number of hydrogen-bond donors (Lipinski definition) is 3. The van der Waals surface area contributed by atoms with Crippen LogP contribution in [0.25, 0.3) is 0 Å². The second-order valence-electron chi connectivity index (χ2n) is 24.0. The molecule has 0 fully saturated rings. The normalized spacial score (nSPS) is 13.0. The van der Waals surface area contributed by atoms with Gasteiger partial charge in [0, 0.05) is 0 Å².